The Balaban J connectivity index is 0.646. The van der Waals surface area contributed by atoms with Crippen molar-refractivity contribution in [3.8, 4) is 23.3 Å². The molecule has 2 aromatic heterocycles. The van der Waals surface area contributed by atoms with Crippen LogP contribution >= 0.6 is 11.6 Å². The Morgan fingerprint density at radius 3 is 2.48 bits per heavy atom. The van der Waals surface area contributed by atoms with Crippen LogP contribution in [-0.4, -0.2) is 153 Å². The third kappa shape index (κ3) is 14.7. The molecule has 4 aliphatic heterocycles. The van der Waals surface area contributed by atoms with Crippen molar-refractivity contribution in [3.05, 3.63) is 152 Å². The maximum absolute atomic E-state index is 14.1. The summed E-state index contributed by atoms with van der Waals surface area (Å²) in [7, 11) is -4.63. The van der Waals surface area contributed by atoms with Gasteiger partial charge in [0.25, 0.3) is 27.5 Å². The van der Waals surface area contributed by atoms with Gasteiger partial charge < -0.3 is 39.2 Å². The number of carbonyl (C=O) groups excluding carboxylic acids is 4. The first kappa shape index (κ1) is 61.5. The lowest BCUT2D eigenvalue weighted by Crippen LogP contribution is -2.52. The number of aromatic amines is 1. The van der Waals surface area contributed by atoms with Gasteiger partial charge in [0.05, 0.1) is 47.0 Å². The topological polar surface area (TPSA) is 251 Å². The van der Waals surface area contributed by atoms with Crippen LogP contribution in [0.2, 0.25) is 5.02 Å². The van der Waals surface area contributed by atoms with E-state index in [0.29, 0.717) is 68.5 Å². The highest BCUT2D eigenvalue weighted by Gasteiger charge is 2.40. The molecule has 1 aliphatic carbocycles. The molecule has 0 spiro atoms. The van der Waals surface area contributed by atoms with E-state index >= 15 is 0 Å². The molecule has 4 amide bonds. The number of hydrogen-bond acceptors (Lipinski definition) is 16. The molecule has 3 saturated heterocycles. The standard InChI is InChI=1S/C65H71ClN10O11S/c1-65(2)22-18-47(54(38-65)44-8-10-49(66)11-9-44)41-73-26-28-74(29-27-73)50-12-14-53(58(36-50)87-51-35-46-19-23-67-61(46)69-40-51)62(78)71-88(83,84)52-13-15-55(57(37-52)76(81)82)68-39-43-20-24-72(25-21-43)30-32-86-34-33-85-31-4-7-45-5-3-6-48-42-75(64(80)60(45)48)56-16-17-59(77)70-63(56)79/h3,5-6,8-15,19,23,35-37,40,43,56,68H,16-18,20-22,24-34,38-39,41-42H2,1-2H3,(H,67,69)(H,71,78)(H,70,77,79). The SMILES string of the molecule is CC1(C)CCC(CN2CCN(c3ccc(C(=O)NS(=O)(=O)c4ccc(NCC5CCN(CCOCCOCC#Cc6cccc7c6C(=O)N(C6CCC(=O)NC6=O)C7)CC5)c([N+](=O)[O-])c4)c(Oc4cnc5[nH]ccc5c4)c3)CC2)=C(c2ccc(Cl)cc2)C1. The largest absolute Gasteiger partial charge is 0.455 e. The van der Waals surface area contributed by atoms with Gasteiger partial charge in [0.15, 0.2) is 0 Å². The number of nitrogens with one attached hydrogen (secondary N) is 4. The third-order valence-corrected chi connectivity index (χ3v) is 18.8. The lowest BCUT2D eigenvalue weighted by molar-refractivity contribution is -0.384. The average Bonchev–Trinajstić information content (AvgIpc) is 1.70. The number of carbonyl (C=O) groups is 4. The molecule has 11 rings (SSSR count). The van der Waals surface area contributed by atoms with Crippen molar-refractivity contribution in [2.75, 3.05) is 95.5 Å². The van der Waals surface area contributed by atoms with Gasteiger partial charge in [0.2, 0.25) is 11.8 Å². The number of fused-ring (bicyclic) bond motifs is 2. The first-order chi connectivity index (χ1) is 42.4. The third-order valence-electron chi connectivity index (χ3n) is 17.2. The molecule has 3 fully saturated rings. The molecule has 23 heteroatoms. The number of piperidine rings is 2. The van der Waals surface area contributed by atoms with E-state index in [4.69, 9.17) is 25.8 Å². The van der Waals surface area contributed by atoms with Crippen LogP contribution < -0.4 is 25.0 Å². The van der Waals surface area contributed by atoms with E-state index in [1.165, 1.54) is 46.0 Å². The van der Waals surface area contributed by atoms with Crippen molar-refractivity contribution >= 4 is 78.9 Å². The maximum Gasteiger partial charge on any atom is 0.293 e. The molecule has 6 aromatic rings. The number of piperazine rings is 1. The van der Waals surface area contributed by atoms with E-state index in [1.807, 2.05) is 30.3 Å². The number of benzene rings is 4. The van der Waals surface area contributed by atoms with Gasteiger partial charge in [0.1, 0.15) is 35.5 Å². The van der Waals surface area contributed by atoms with Crippen molar-refractivity contribution in [2.45, 2.75) is 76.3 Å². The minimum absolute atomic E-state index is 0.0600. The summed E-state index contributed by atoms with van der Waals surface area (Å²) in [5.41, 5.74) is 7.18. The van der Waals surface area contributed by atoms with Crippen LogP contribution in [0.25, 0.3) is 16.6 Å². The van der Waals surface area contributed by atoms with Crippen molar-refractivity contribution < 1.29 is 46.7 Å². The number of likely N-dealkylation sites (tertiary alicyclic amines) is 1. The lowest BCUT2D eigenvalue weighted by atomic mass is 9.72. The van der Waals surface area contributed by atoms with Crippen LogP contribution in [0, 0.1) is 33.3 Å². The quantitative estimate of drug-likeness (QED) is 0.0173. The number of H-pyrrole nitrogens is 1. The fraction of sp³-hybridized carbons (Fsp3) is 0.400. The number of rotatable bonds is 21. The van der Waals surface area contributed by atoms with E-state index in [0.717, 1.165) is 92.6 Å². The Labute approximate surface area is 516 Å². The van der Waals surface area contributed by atoms with Crippen LogP contribution in [0.3, 0.4) is 0 Å². The molecule has 0 radical (unpaired) electrons. The predicted octanol–water partition coefficient (Wildman–Crippen LogP) is 8.79. The van der Waals surface area contributed by atoms with Crippen LogP contribution in [0.4, 0.5) is 17.1 Å². The van der Waals surface area contributed by atoms with Crippen molar-refractivity contribution in [3.63, 3.8) is 0 Å². The molecule has 0 bridgehead atoms. The van der Waals surface area contributed by atoms with E-state index in [2.05, 4.69) is 77.8 Å². The van der Waals surface area contributed by atoms with Crippen molar-refractivity contribution in [1.82, 2.24) is 34.7 Å². The molecule has 4 aromatic carbocycles. The first-order valence-corrected chi connectivity index (χ1v) is 31.7. The fourth-order valence-corrected chi connectivity index (χ4v) is 13.4. The second kappa shape index (κ2) is 27.1. The van der Waals surface area contributed by atoms with E-state index < -0.39 is 43.4 Å². The van der Waals surface area contributed by atoms with E-state index in [9.17, 15) is 37.7 Å². The van der Waals surface area contributed by atoms with Gasteiger partial charge in [-0.2, -0.15) is 0 Å². The van der Waals surface area contributed by atoms with Gasteiger partial charge in [-0.3, -0.25) is 39.5 Å². The minimum Gasteiger partial charge on any atom is -0.455 e. The molecule has 88 heavy (non-hydrogen) atoms. The Bertz CT molecular complexity index is 3850. The first-order valence-electron chi connectivity index (χ1n) is 29.9. The molecule has 4 N–H and O–H groups in total. The smallest absolute Gasteiger partial charge is 0.293 e. The summed E-state index contributed by atoms with van der Waals surface area (Å²) < 4.78 is 47.9. The molecule has 5 aliphatic rings. The van der Waals surface area contributed by atoms with Crippen LogP contribution in [-0.2, 0) is 35.6 Å². The molecule has 21 nitrogen and oxygen atoms in total. The number of imide groups is 1. The summed E-state index contributed by atoms with van der Waals surface area (Å²) in [4.78, 5) is 78.9. The summed E-state index contributed by atoms with van der Waals surface area (Å²) in [5.74, 6) is 4.60. The molecule has 1 unspecified atom stereocenters. The number of ether oxygens (including phenoxy) is 3. The predicted molar refractivity (Wildman–Crippen MR) is 334 cm³/mol. The zero-order chi connectivity index (χ0) is 61.5. The zero-order valence-corrected chi connectivity index (χ0v) is 50.9. The molecular formula is C65H71ClN10O11S. The number of pyridine rings is 1. The second-order valence-corrected chi connectivity index (χ2v) is 25.9. The number of hydrogen-bond donors (Lipinski definition) is 4. The molecule has 460 valence electrons. The van der Waals surface area contributed by atoms with Gasteiger partial charge in [-0.25, -0.2) is 18.1 Å². The van der Waals surface area contributed by atoms with Crippen LogP contribution in [0.15, 0.2) is 114 Å². The minimum atomic E-state index is -4.63. The monoisotopic (exact) mass is 1230 g/mol. The Morgan fingerprint density at radius 1 is 0.898 bits per heavy atom. The van der Waals surface area contributed by atoms with Crippen LogP contribution in [0.5, 0.6) is 11.5 Å². The molecule has 1 atom stereocenters. The number of halogens is 1. The Hall–Kier alpha value is -8.17. The van der Waals surface area contributed by atoms with Gasteiger partial charge in [-0.1, -0.05) is 67.1 Å². The number of nitrogens with zero attached hydrogens (tertiary/aromatic N) is 6. The number of aromatic nitrogens is 2. The average molecular weight is 1240 g/mol. The highest BCUT2D eigenvalue weighted by molar-refractivity contribution is 7.90. The Morgan fingerprint density at radius 2 is 1.69 bits per heavy atom. The number of allylic oxidation sites excluding steroid dienone is 1. The van der Waals surface area contributed by atoms with Gasteiger partial charge in [0, 0.05) is 98.8 Å². The molecule has 6 heterocycles. The summed E-state index contributed by atoms with van der Waals surface area (Å²) in [5, 5.41) is 19.4. The normalized spacial score (nSPS) is 18.4. The molecular weight excluding hydrogens is 1160 g/mol. The van der Waals surface area contributed by atoms with E-state index in [-0.39, 0.29) is 66.1 Å². The Kier molecular flexibility index (Phi) is 18.9. The number of nitro benzene ring substituents is 1. The maximum atomic E-state index is 14.1. The highest BCUT2D eigenvalue weighted by atomic mass is 35.5. The highest BCUT2D eigenvalue weighted by Crippen LogP contribution is 2.44. The fourth-order valence-electron chi connectivity index (χ4n) is 12.3. The van der Waals surface area contributed by atoms with E-state index in [1.54, 1.807) is 30.5 Å². The number of nitro groups is 1. The molecule has 0 saturated carbocycles. The van der Waals surface area contributed by atoms with Gasteiger partial charge >= 0.3 is 0 Å². The number of sulfonamides is 1. The van der Waals surface area contributed by atoms with Crippen molar-refractivity contribution in [2.24, 2.45) is 11.3 Å². The van der Waals surface area contributed by atoms with Crippen LogP contribution in [0.1, 0.15) is 96.2 Å². The van der Waals surface area contributed by atoms with Gasteiger partial charge in [-0.05, 0) is 134 Å². The van der Waals surface area contributed by atoms with Gasteiger partial charge in [-0.15, -0.1) is 0 Å². The number of anilines is 2. The zero-order valence-electron chi connectivity index (χ0n) is 49.3. The lowest BCUT2D eigenvalue weighted by Gasteiger charge is -2.39. The second-order valence-electron chi connectivity index (χ2n) is 23.8. The summed E-state index contributed by atoms with van der Waals surface area (Å²) in [6, 6.07) is 25.1. The summed E-state index contributed by atoms with van der Waals surface area (Å²) in [6.45, 7) is 12.9. The van der Waals surface area contributed by atoms with Crippen molar-refractivity contribution in [1.29, 1.82) is 0 Å². The summed E-state index contributed by atoms with van der Waals surface area (Å²) >= 11 is 6.27. The number of amides is 4. The summed E-state index contributed by atoms with van der Waals surface area (Å²) in [6.07, 6.45) is 8.55.